The molecule has 0 radical (unpaired) electrons. The minimum atomic E-state index is -1.29. The van der Waals surface area contributed by atoms with Gasteiger partial charge in [-0.3, -0.25) is 0 Å². The average molecular weight is 362 g/mol. The van der Waals surface area contributed by atoms with Crippen molar-refractivity contribution in [3.8, 4) is 5.75 Å². The quantitative estimate of drug-likeness (QED) is 0.551. The number of rotatable bonds is 5. The van der Waals surface area contributed by atoms with E-state index in [1.165, 1.54) is 5.56 Å². The molecular formula is C23H22O2S. The van der Waals surface area contributed by atoms with Crippen LogP contribution < -0.4 is 4.74 Å². The molecule has 132 valence electrons. The van der Waals surface area contributed by atoms with E-state index in [-0.39, 0.29) is 0 Å². The van der Waals surface area contributed by atoms with E-state index < -0.39 is 10.8 Å². The van der Waals surface area contributed by atoms with E-state index in [1.54, 1.807) is 7.11 Å². The number of methoxy groups -OCH3 is 1. The Morgan fingerprint density at radius 2 is 1.50 bits per heavy atom. The van der Waals surface area contributed by atoms with Crippen LogP contribution in [0.4, 0.5) is 0 Å². The summed E-state index contributed by atoms with van der Waals surface area (Å²) in [6.07, 6.45) is 1.99. The van der Waals surface area contributed by atoms with Gasteiger partial charge in [0, 0.05) is 4.90 Å². The molecule has 0 aromatic heterocycles. The molecule has 0 aliphatic carbocycles. The summed E-state index contributed by atoms with van der Waals surface area (Å²) in [5.41, 5.74) is 4.26. The summed E-state index contributed by atoms with van der Waals surface area (Å²) in [4.78, 5) is 1.55. The van der Waals surface area contributed by atoms with Gasteiger partial charge in [0.1, 0.15) is 5.75 Å². The molecule has 1 unspecified atom stereocenters. The predicted octanol–water partition coefficient (Wildman–Crippen LogP) is 5.62. The lowest BCUT2D eigenvalue weighted by atomic mass is 10.1. The first-order valence-electron chi connectivity index (χ1n) is 8.48. The van der Waals surface area contributed by atoms with E-state index in [1.807, 2.05) is 73.7 Å². The van der Waals surface area contributed by atoms with E-state index in [0.29, 0.717) is 0 Å². The summed E-state index contributed by atoms with van der Waals surface area (Å²) in [7, 11) is 0.347. The number of hydrogen-bond donors (Lipinski definition) is 0. The Morgan fingerprint density at radius 1 is 0.885 bits per heavy atom. The van der Waals surface area contributed by atoms with Crippen LogP contribution in [-0.4, -0.2) is 11.3 Å². The van der Waals surface area contributed by atoms with Crippen molar-refractivity contribution in [1.82, 2.24) is 0 Å². The third kappa shape index (κ3) is 4.30. The fraction of sp³-hybridized carbons (Fsp3) is 0.130. The average Bonchev–Trinajstić information content (AvgIpc) is 2.67. The molecule has 0 N–H and O–H groups in total. The second kappa shape index (κ2) is 8.15. The van der Waals surface area contributed by atoms with Gasteiger partial charge >= 0.3 is 0 Å². The van der Waals surface area contributed by atoms with E-state index in [0.717, 1.165) is 32.2 Å². The number of hydrogen-bond acceptors (Lipinski definition) is 2. The standard InChI is InChI=1S/C23H22O2S/c1-17-7-11-19(12-8-17)15-23(20-5-4-6-21(16-20)25-3)26(24)22-13-9-18(2)10-14-22/h4-16H,1-3H3/b23-15+. The summed E-state index contributed by atoms with van der Waals surface area (Å²) >= 11 is 0. The van der Waals surface area contributed by atoms with Crippen molar-refractivity contribution in [3.05, 3.63) is 95.1 Å². The Kier molecular flexibility index (Phi) is 5.69. The van der Waals surface area contributed by atoms with Gasteiger partial charge in [-0.25, -0.2) is 4.21 Å². The van der Waals surface area contributed by atoms with Crippen LogP contribution in [0.2, 0.25) is 0 Å². The molecule has 0 amide bonds. The van der Waals surface area contributed by atoms with Crippen LogP contribution in [-0.2, 0) is 10.8 Å². The van der Waals surface area contributed by atoms with Crippen LogP contribution in [0.1, 0.15) is 22.3 Å². The van der Waals surface area contributed by atoms with Crippen molar-refractivity contribution < 1.29 is 8.95 Å². The first-order chi connectivity index (χ1) is 12.6. The Morgan fingerprint density at radius 3 is 2.12 bits per heavy atom. The van der Waals surface area contributed by atoms with E-state index in [2.05, 4.69) is 19.1 Å². The molecule has 3 rings (SSSR count). The summed E-state index contributed by atoms with van der Waals surface area (Å²) in [5.74, 6) is 0.748. The molecule has 0 aliphatic heterocycles. The Hall–Kier alpha value is -2.65. The molecule has 0 spiro atoms. The fourth-order valence-electron chi connectivity index (χ4n) is 2.62. The highest BCUT2D eigenvalue weighted by Crippen LogP contribution is 2.29. The van der Waals surface area contributed by atoms with Crippen LogP contribution in [0, 0.1) is 13.8 Å². The zero-order chi connectivity index (χ0) is 18.5. The molecule has 0 fully saturated rings. The van der Waals surface area contributed by atoms with Crippen LogP contribution >= 0.6 is 0 Å². The number of aryl methyl sites for hydroxylation is 2. The predicted molar refractivity (Wildman–Crippen MR) is 110 cm³/mol. The van der Waals surface area contributed by atoms with Gasteiger partial charge in [-0.15, -0.1) is 0 Å². The summed E-state index contributed by atoms with van der Waals surface area (Å²) in [6.45, 7) is 4.08. The van der Waals surface area contributed by atoms with Gasteiger partial charge in [0.05, 0.1) is 22.8 Å². The van der Waals surface area contributed by atoms with Gasteiger partial charge in [-0.1, -0.05) is 59.7 Å². The van der Waals surface area contributed by atoms with Gasteiger partial charge in [0.2, 0.25) is 0 Å². The van der Waals surface area contributed by atoms with Crippen LogP contribution in [0.25, 0.3) is 11.0 Å². The maximum Gasteiger partial charge on any atom is 0.119 e. The van der Waals surface area contributed by atoms with E-state index in [9.17, 15) is 4.21 Å². The minimum Gasteiger partial charge on any atom is -0.497 e. The molecule has 0 saturated heterocycles. The summed E-state index contributed by atoms with van der Waals surface area (Å²) in [5, 5.41) is 0. The van der Waals surface area contributed by atoms with Crippen molar-refractivity contribution in [3.63, 3.8) is 0 Å². The van der Waals surface area contributed by atoms with Crippen molar-refractivity contribution in [1.29, 1.82) is 0 Å². The highest BCUT2D eigenvalue weighted by atomic mass is 32.2. The lowest BCUT2D eigenvalue weighted by molar-refractivity contribution is 0.414. The van der Waals surface area contributed by atoms with Crippen LogP contribution in [0.3, 0.4) is 0 Å². The molecule has 0 heterocycles. The lowest BCUT2D eigenvalue weighted by Crippen LogP contribution is -1.97. The topological polar surface area (TPSA) is 26.3 Å². The Labute approximate surface area is 157 Å². The monoisotopic (exact) mass is 362 g/mol. The summed E-state index contributed by atoms with van der Waals surface area (Å²) < 4.78 is 18.7. The van der Waals surface area contributed by atoms with Gasteiger partial charge in [0.15, 0.2) is 0 Å². The van der Waals surface area contributed by atoms with Gasteiger partial charge < -0.3 is 4.74 Å². The zero-order valence-corrected chi connectivity index (χ0v) is 16.0. The molecule has 0 bridgehead atoms. The van der Waals surface area contributed by atoms with Gasteiger partial charge in [0.25, 0.3) is 0 Å². The summed E-state index contributed by atoms with van der Waals surface area (Å²) in [6, 6.07) is 23.7. The molecule has 3 aromatic rings. The molecule has 0 aliphatic rings. The third-order valence-electron chi connectivity index (χ3n) is 4.16. The third-order valence-corrected chi connectivity index (χ3v) is 5.62. The van der Waals surface area contributed by atoms with Gasteiger partial charge in [-0.05, 0) is 55.3 Å². The molecule has 0 saturated carbocycles. The fourth-order valence-corrected chi connectivity index (χ4v) is 3.84. The van der Waals surface area contributed by atoms with Crippen molar-refractivity contribution in [2.24, 2.45) is 0 Å². The van der Waals surface area contributed by atoms with Crippen LogP contribution in [0.5, 0.6) is 5.75 Å². The van der Waals surface area contributed by atoms with Crippen molar-refractivity contribution in [2.45, 2.75) is 18.7 Å². The second-order valence-electron chi connectivity index (χ2n) is 6.23. The Balaban J connectivity index is 2.10. The molecule has 3 heteroatoms. The largest absolute Gasteiger partial charge is 0.497 e. The zero-order valence-electron chi connectivity index (χ0n) is 15.2. The molecular weight excluding hydrogens is 340 g/mol. The second-order valence-corrected chi connectivity index (χ2v) is 7.68. The van der Waals surface area contributed by atoms with Crippen molar-refractivity contribution in [2.75, 3.05) is 7.11 Å². The molecule has 1 atom stereocenters. The molecule has 2 nitrogen and oxygen atoms in total. The number of benzene rings is 3. The Bertz CT molecular complexity index is 939. The lowest BCUT2D eigenvalue weighted by Gasteiger charge is -2.11. The highest BCUT2D eigenvalue weighted by Gasteiger charge is 2.14. The van der Waals surface area contributed by atoms with E-state index in [4.69, 9.17) is 4.74 Å². The SMILES string of the molecule is COc1cccc(/C(=C\c2ccc(C)cc2)S(=O)c2ccc(C)cc2)c1. The van der Waals surface area contributed by atoms with E-state index >= 15 is 0 Å². The maximum atomic E-state index is 13.3. The molecule has 3 aromatic carbocycles. The first kappa shape index (κ1) is 18.2. The minimum absolute atomic E-state index is 0.748. The normalized spacial score (nSPS) is 12.7. The first-order valence-corrected chi connectivity index (χ1v) is 9.63. The maximum absolute atomic E-state index is 13.3. The highest BCUT2D eigenvalue weighted by molar-refractivity contribution is 7.94. The van der Waals surface area contributed by atoms with Crippen LogP contribution in [0.15, 0.2) is 77.7 Å². The van der Waals surface area contributed by atoms with Gasteiger partial charge in [-0.2, -0.15) is 0 Å². The van der Waals surface area contributed by atoms with Crippen molar-refractivity contribution >= 4 is 21.8 Å². The smallest absolute Gasteiger partial charge is 0.119 e. The molecule has 26 heavy (non-hydrogen) atoms. The number of ether oxygens (including phenoxy) is 1.